The van der Waals surface area contributed by atoms with Crippen molar-refractivity contribution in [3.63, 3.8) is 0 Å². The summed E-state index contributed by atoms with van der Waals surface area (Å²) in [4.78, 5) is 14.0. The molecule has 0 radical (unpaired) electrons. The number of hydrogen-bond acceptors (Lipinski definition) is 3. The standard InChI is InChI=1S/C20H26N2O2/c1-14(2)10-18(12-21)20(24)22-9-8-17(19(23)13-22)11-16-6-4-15(3)5-7-16/h4-7,10,14,17,19,23H,8-9,11,13H2,1-3H3/b18-10+/t17-,19-/m1/s1. The molecule has 1 N–H and O–H groups in total. The molecular weight excluding hydrogens is 300 g/mol. The molecule has 1 aromatic rings. The fourth-order valence-corrected chi connectivity index (χ4v) is 3.09. The van der Waals surface area contributed by atoms with Gasteiger partial charge in [-0.1, -0.05) is 49.8 Å². The molecule has 1 heterocycles. The van der Waals surface area contributed by atoms with Gasteiger partial charge in [0.05, 0.1) is 6.10 Å². The lowest BCUT2D eigenvalue weighted by Gasteiger charge is -2.36. The van der Waals surface area contributed by atoms with Crippen LogP contribution in [-0.2, 0) is 11.2 Å². The summed E-state index contributed by atoms with van der Waals surface area (Å²) in [6, 6.07) is 10.3. The van der Waals surface area contributed by atoms with Crippen LogP contribution in [0.25, 0.3) is 0 Å². The van der Waals surface area contributed by atoms with E-state index in [1.165, 1.54) is 11.1 Å². The Kier molecular flexibility index (Phi) is 6.16. The maximum atomic E-state index is 12.4. The van der Waals surface area contributed by atoms with E-state index < -0.39 is 6.10 Å². The number of carbonyl (C=O) groups is 1. The summed E-state index contributed by atoms with van der Waals surface area (Å²) in [5.41, 5.74) is 2.61. The first kappa shape index (κ1) is 18.2. The van der Waals surface area contributed by atoms with Crippen LogP contribution in [-0.4, -0.2) is 35.1 Å². The average molecular weight is 326 g/mol. The van der Waals surface area contributed by atoms with Gasteiger partial charge < -0.3 is 10.0 Å². The lowest BCUT2D eigenvalue weighted by atomic mass is 9.87. The van der Waals surface area contributed by atoms with E-state index >= 15 is 0 Å². The summed E-state index contributed by atoms with van der Waals surface area (Å²) in [5, 5.41) is 19.6. The molecule has 0 bridgehead atoms. The van der Waals surface area contributed by atoms with Crippen LogP contribution in [0, 0.1) is 30.1 Å². The van der Waals surface area contributed by atoms with Crippen molar-refractivity contribution in [3.8, 4) is 6.07 Å². The second-order valence-corrected chi connectivity index (χ2v) is 6.99. The van der Waals surface area contributed by atoms with E-state index in [4.69, 9.17) is 0 Å². The van der Waals surface area contributed by atoms with Crippen LogP contribution in [0.5, 0.6) is 0 Å². The fraction of sp³-hybridized carbons (Fsp3) is 0.500. The van der Waals surface area contributed by atoms with Crippen LogP contribution in [0.3, 0.4) is 0 Å². The summed E-state index contributed by atoms with van der Waals surface area (Å²) in [6.07, 6.45) is 2.70. The van der Waals surface area contributed by atoms with Gasteiger partial charge in [0, 0.05) is 13.1 Å². The monoisotopic (exact) mass is 326 g/mol. The zero-order chi connectivity index (χ0) is 17.7. The predicted molar refractivity (Wildman–Crippen MR) is 94.1 cm³/mol. The number of hydrogen-bond donors (Lipinski definition) is 1. The number of aliphatic hydroxyl groups excluding tert-OH is 1. The molecule has 2 rings (SSSR count). The van der Waals surface area contributed by atoms with E-state index in [9.17, 15) is 15.2 Å². The fourth-order valence-electron chi connectivity index (χ4n) is 3.09. The summed E-state index contributed by atoms with van der Waals surface area (Å²) >= 11 is 0. The Labute approximate surface area is 144 Å². The van der Waals surface area contributed by atoms with Crippen molar-refractivity contribution in [2.45, 2.75) is 39.7 Å². The molecule has 128 valence electrons. The van der Waals surface area contributed by atoms with E-state index in [1.807, 2.05) is 19.9 Å². The third-order valence-corrected chi connectivity index (χ3v) is 4.48. The largest absolute Gasteiger partial charge is 0.391 e. The van der Waals surface area contributed by atoms with E-state index in [0.29, 0.717) is 13.1 Å². The zero-order valence-corrected chi connectivity index (χ0v) is 14.7. The number of carbonyl (C=O) groups excluding carboxylic acids is 1. The first-order valence-electron chi connectivity index (χ1n) is 8.55. The molecule has 0 aliphatic carbocycles. The van der Waals surface area contributed by atoms with Crippen molar-refractivity contribution < 1.29 is 9.90 Å². The number of piperidine rings is 1. The molecular formula is C20H26N2O2. The number of aryl methyl sites for hydroxylation is 1. The maximum Gasteiger partial charge on any atom is 0.264 e. The lowest BCUT2D eigenvalue weighted by Crippen LogP contribution is -2.47. The number of rotatable bonds is 4. The Morgan fingerprint density at radius 1 is 1.42 bits per heavy atom. The Hall–Kier alpha value is -2.12. The first-order valence-corrected chi connectivity index (χ1v) is 8.55. The smallest absolute Gasteiger partial charge is 0.264 e. The number of allylic oxidation sites excluding steroid dienone is 1. The third kappa shape index (κ3) is 4.69. The second-order valence-electron chi connectivity index (χ2n) is 6.99. The van der Waals surface area contributed by atoms with Crippen LogP contribution in [0.15, 0.2) is 35.9 Å². The lowest BCUT2D eigenvalue weighted by molar-refractivity contribution is -0.131. The summed E-state index contributed by atoms with van der Waals surface area (Å²) in [5.74, 6) is 0.0306. The van der Waals surface area contributed by atoms with Gasteiger partial charge in [-0.2, -0.15) is 5.26 Å². The van der Waals surface area contributed by atoms with Gasteiger partial charge in [-0.3, -0.25) is 4.79 Å². The van der Waals surface area contributed by atoms with E-state index in [1.54, 1.807) is 11.0 Å². The normalized spacial score (nSPS) is 21.7. The molecule has 0 spiro atoms. The Morgan fingerprint density at radius 2 is 2.08 bits per heavy atom. The molecule has 2 atom stereocenters. The van der Waals surface area contributed by atoms with E-state index in [-0.39, 0.29) is 23.3 Å². The van der Waals surface area contributed by atoms with Gasteiger partial charge in [0.1, 0.15) is 11.6 Å². The molecule has 1 aromatic carbocycles. The number of likely N-dealkylation sites (tertiary alicyclic amines) is 1. The van der Waals surface area contributed by atoms with Crippen molar-refractivity contribution in [1.29, 1.82) is 5.26 Å². The van der Waals surface area contributed by atoms with Crippen LogP contribution >= 0.6 is 0 Å². The highest BCUT2D eigenvalue weighted by Crippen LogP contribution is 2.23. The van der Waals surface area contributed by atoms with Gasteiger partial charge in [-0.25, -0.2) is 0 Å². The maximum absolute atomic E-state index is 12.4. The number of nitrogens with zero attached hydrogens (tertiary/aromatic N) is 2. The summed E-state index contributed by atoms with van der Waals surface area (Å²) in [7, 11) is 0. The van der Waals surface area contributed by atoms with Gasteiger partial charge in [-0.15, -0.1) is 0 Å². The third-order valence-electron chi connectivity index (χ3n) is 4.48. The highest BCUT2D eigenvalue weighted by Gasteiger charge is 2.31. The zero-order valence-electron chi connectivity index (χ0n) is 14.7. The average Bonchev–Trinajstić information content (AvgIpc) is 2.55. The Bertz CT molecular complexity index is 641. The Morgan fingerprint density at radius 3 is 2.62 bits per heavy atom. The minimum atomic E-state index is -0.553. The van der Waals surface area contributed by atoms with Crippen molar-refractivity contribution in [3.05, 3.63) is 47.0 Å². The summed E-state index contributed by atoms with van der Waals surface area (Å²) < 4.78 is 0. The van der Waals surface area contributed by atoms with Crippen molar-refractivity contribution in [1.82, 2.24) is 4.90 Å². The number of aliphatic hydroxyl groups is 1. The Balaban J connectivity index is 1.98. The van der Waals surface area contributed by atoms with Gasteiger partial charge in [0.15, 0.2) is 0 Å². The molecule has 4 heteroatoms. The SMILES string of the molecule is Cc1ccc(C[C@H]2CCN(C(=O)/C(C#N)=C/C(C)C)C[C@H]2O)cc1. The topological polar surface area (TPSA) is 64.3 Å². The van der Waals surface area contributed by atoms with Crippen LogP contribution < -0.4 is 0 Å². The minimum absolute atomic E-state index is 0.146. The molecule has 0 aromatic heterocycles. The van der Waals surface area contributed by atoms with Gasteiger partial charge >= 0.3 is 0 Å². The van der Waals surface area contributed by atoms with Crippen molar-refractivity contribution in [2.75, 3.05) is 13.1 Å². The molecule has 1 aliphatic heterocycles. The quantitative estimate of drug-likeness (QED) is 0.683. The number of nitriles is 1. The van der Waals surface area contributed by atoms with E-state index in [0.717, 1.165) is 12.8 Å². The number of benzene rings is 1. The molecule has 1 amide bonds. The molecule has 0 saturated carbocycles. The predicted octanol–water partition coefficient (Wildman–Crippen LogP) is 2.85. The van der Waals surface area contributed by atoms with Crippen molar-refractivity contribution >= 4 is 5.91 Å². The summed E-state index contributed by atoms with van der Waals surface area (Å²) in [6.45, 7) is 6.82. The first-order chi connectivity index (χ1) is 11.4. The van der Waals surface area contributed by atoms with Gasteiger partial charge in [0.25, 0.3) is 5.91 Å². The van der Waals surface area contributed by atoms with E-state index in [2.05, 4.69) is 31.2 Å². The minimum Gasteiger partial charge on any atom is -0.391 e. The van der Waals surface area contributed by atoms with Gasteiger partial charge in [-0.05, 0) is 37.2 Å². The second kappa shape index (κ2) is 8.12. The number of amides is 1. The molecule has 0 unspecified atom stereocenters. The highest BCUT2D eigenvalue weighted by molar-refractivity contribution is 5.97. The molecule has 1 aliphatic rings. The number of β-amino-alcohol motifs (C(OH)–C–C–N with tert-alkyl or cyclic N) is 1. The highest BCUT2D eigenvalue weighted by atomic mass is 16.3. The molecule has 4 nitrogen and oxygen atoms in total. The van der Waals surface area contributed by atoms with Crippen LogP contribution in [0.1, 0.15) is 31.4 Å². The van der Waals surface area contributed by atoms with Crippen molar-refractivity contribution in [2.24, 2.45) is 11.8 Å². The van der Waals surface area contributed by atoms with Crippen LogP contribution in [0.2, 0.25) is 0 Å². The molecule has 1 saturated heterocycles. The van der Waals surface area contributed by atoms with Gasteiger partial charge in [0.2, 0.25) is 0 Å². The van der Waals surface area contributed by atoms with Crippen LogP contribution in [0.4, 0.5) is 0 Å². The molecule has 1 fully saturated rings. The molecule has 24 heavy (non-hydrogen) atoms.